The summed E-state index contributed by atoms with van der Waals surface area (Å²) in [5.41, 5.74) is -3.19. The van der Waals surface area contributed by atoms with Crippen LogP contribution in [0.5, 0.6) is 0 Å². The van der Waals surface area contributed by atoms with Crippen molar-refractivity contribution in [3.8, 4) is 0 Å². The lowest BCUT2D eigenvalue weighted by Crippen LogP contribution is -2.19. The molecule has 0 aliphatic rings. The van der Waals surface area contributed by atoms with Gasteiger partial charge in [0.2, 0.25) is 0 Å². The third kappa shape index (κ3) is 11.9. The number of anilines is 3. The fourth-order valence-electron chi connectivity index (χ4n) is 5.37. The molecule has 65 heavy (non-hydrogen) atoms. The van der Waals surface area contributed by atoms with Gasteiger partial charge < -0.3 is 0 Å². The van der Waals surface area contributed by atoms with Gasteiger partial charge in [0.1, 0.15) is 0 Å². The molecule has 0 aliphatic carbocycles. The highest BCUT2D eigenvalue weighted by molar-refractivity contribution is 14.1. The lowest BCUT2D eigenvalue weighted by Gasteiger charge is -2.18. The number of hydrogen-bond donors (Lipinski definition) is 9. The first kappa shape index (κ1) is 51.8. The first-order chi connectivity index (χ1) is 29.1. The minimum atomic E-state index is -5.59. The van der Waals surface area contributed by atoms with Crippen LogP contribution >= 0.6 is 22.6 Å². The van der Waals surface area contributed by atoms with Crippen molar-refractivity contribution in [2.45, 2.75) is 44.1 Å². The number of hydrogen-bond acceptors (Lipinski definition) is 18. The number of halogens is 1. The van der Waals surface area contributed by atoms with Gasteiger partial charge in [-0.15, -0.1) is 0 Å². The van der Waals surface area contributed by atoms with Gasteiger partial charge in [-0.3, -0.25) is 41.5 Å². The Balaban J connectivity index is 1.87. The molecule has 0 bridgehead atoms. The quantitative estimate of drug-likeness (QED) is 0.0527. The van der Waals surface area contributed by atoms with E-state index in [9.17, 15) is 103 Å². The Bertz CT molecular complexity index is 3810. The van der Waals surface area contributed by atoms with Crippen molar-refractivity contribution >= 4 is 141 Å². The van der Waals surface area contributed by atoms with Crippen molar-refractivity contribution in [3.63, 3.8) is 0 Å². The minimum absolute atomic E-state index is 0.190. The molecule has 0 unspecified atom stereocenters. The fourth-order valence-corrected chi connectivity index (χ4v) is 13.6. The van der Waals surface area contributed by atoms with Crippen LogP contribution < -0.4 is 14.2 Å². The molecule has 0 spiro atoms. The topological polar surface area (TPSA) is 465 Å². The molecule has 0 saturated heterocycles. The number of nitrogens with one attached hydrogen (secondary N) is 3. The maximum absolute atomic E-state index is 14.3. The van der Waals surface area contributed by atoms with Gasteiger partial charge in [-0.05, 0) is 101 Å². The highest BCUT2D eigenvalue weighted by atomic mass is 127. The predicted molar refractivity (Wildman–Crippen MR) is 227 cm³/mol. The number of benzene rings is 5. The summed E-state index contributed by atoms with van der Waals surface area (Å²) in [5.74, 6) is 0. The second-order valence-electron chi connectivity index (χ2n) is 12.6. The van der Waals surface area contributed by atoms with Crippen LogP contribution in [0.25, 0.3) is 10.8 Å². The van der Waals surface area contributed by atoms with Gasteiger partial charge in [0.15, 0.2) is 0 Å². The van der Waals surface area contributed by atoms with Gasteiger partial charge in [-0.25, -0.2) is 25.3 Å². The van der Waals surface area contributed by atoms with E-state index in [1.54, 1.807) is 14.2 Å². The molecule has 0 fully saturated rings. The Morgan fingerprint density at radius 1 is 0.323 bits per heavy atom. The summed E-state index contributed by atoms with van der Waals surface area (Å²) in [6.45, 7) is 0. The molecule has 5 aromatic carbocycles. The maximum atomic E-state index is 14.3. The van der Waals surface area contributed by atoms with Crippen LogP contribution in [0.2, 0.25) is 0 Å². The van der Waals surface area contributed by atoms with E-state index in [1.165, 1.54) is 22.6 Å². The van der Waals surface area contributed by atoms with E-state index in [-0.39, 0.29) is 27.8 Å². The third-order valence-electron chi connectivity index (χ3n) is 8.03. The molecular weight excluding hydrogens is 1180 g/mol. The van der Waals surface area contributed by atoms with Gasteiger partial charge >= 0.3 is 0 Å². The van der Waals surface area contributed by atoms with Crippen LogP contribution in [0.3, 0.4) is 0 Å². The van der Waals surface area contributed by atoms with E-state index in [1.807, 2.05) is 0 Å². The van der Waals surface area contributed by atoms with Crippen LogP contribution in [0.4, 0.5) is 17.1 Å². The largest absolute Gasteiger partial charge is 0.294 e. The van der Waals surface area contributed by atoms with Gasteiger partial charge in [0, 0.05) is 14.3 Å². The van der Waals surface area contributed by atoms with Crippen LogP contribution in [0.1, 0.15) is 0 Å². The Kier molecular flexibility index (Phi) is 13.4. The Morgan fingerprint density at radius 2 is 0.600 bits per heavy atom. The van der Waals surface area contributed by atoms with Crippen LogP contribution in [-0.2, 0) is 90.8 Å². The first-order valence-electron chi connectivity index (χ1n) is 15.7. The first-order valence-corrected chi connectivity index (χ1v) is 29.9. The van der Waals surface area contributed by atoms with E-state index < -0.39 is 163 Å². The summed E-state index contributed by atoms with van der Waals surface area (Å²) in [6.07, 6.45) is 0. The second-order valence-corrected chi connectivity index (χ2v) is 27.3. The van der Waals surface area contributed by atoms with E-state index in [2.05, 4.69) is 0 Å². The molecule has 0 heterocycles. The zero-order valence-corrected chi connectivity index (χ0v) is 40.1. The minimum Gasteiger partial charge on any atom is -0.282 e. The van der Waals surface area contributed by atoms with Crippen molar-refractivity contribution < 1.29 is 103 Å². The maximum Gasteiger partial charge on any atom is 0.294 e. The summed E-state index contributed by atoms with van der Waals surface area (Å²) in [4.78, 5) is -11.8. The Labute approximate surface area is 381 Å². The highest BCUT2D eigenvalue weighted by Gasteiger charge is 2.31. The summed E-state index contributed by atoms with van der Waals surface area (Å²) >= 11 is 1.41. The standard InChI is InChI=1S/C28H22IN3O24S9/c29-25-1-2-26(58(35,36)31-15-5-20(62(45,46)47)10-21(6-15)63(48,49)50)24-12-17(57(33,34)30-14-3-18(60(39,40)41)9-19(4-14)61(42,43)44)13-27(28(24)25)59(37,38)32-16-7-22(64(51,52)53)11-23(8-16)65(54,55)56/h1-13,30-32H,(H,39,40,41)(H,42,43,44)(H,45,46,47)(H,48,49,50)(H,51,52,53)(H,54,55,56). The van der Waals surface area contributed by atoms with Crippen molar-refractivity contribution in [1.29, 1.82) is 0 Å². The molecule has 5 rings (SSSR count). The molecule has 0 aromatic heterocycles. The zero-order chi connectivity index (χ0) is 49.5. The Hall–Kier alpha value is -4.20. The highest BCUT2D eigenvalue weighted by Crippen LogP contribution is 2.38. The van der Waals surface area contributed by atoms with E-state index in [0.717, 1.165) is 6.07 Å². The van der Waals surface area contributed by atoms with E-state index in [0.29, 0.717) is 48.5 Å². The summed E-state index contributed by atoms with van der Waals surface area (Å²) in [7, 11) is -48.8. The summed E-state index contributed by atoms with van der Waals surface area (Å²) in [6, 6.07) is 4.78. The average Bonchev–Trinajstić information content (AvgIpc) is 3.11. The second kappa shape index (κ2) is 16.8. The average molecular weight is 1200 g/mol. The number of sulfonamides is 3. The molecule has 0 aliphatic heterocycles. The van der Waals surface area contributed by atoms with Gasteiger partial charge in [-0.2, -0.15) is 50.5 Å². The van der Waals surface area contributed by atoms with E-state index in [4.69, 9.17) is 0 Å². The zero-order valence-electron chi connectivity index (χ0n) is 30.6. The lowest BCUT2D eigenvalue weighted by atomic mass is 10.1. The van der Waals surface area contributed by atoms with Gasteiger partial charge in [0.25, 0.3) is 90.8 Å². The van der Waals surface area contributed by atoms with Gasteiger partial charge in [-0.1, -0.05) is 0 Å². The van der Waals surface area contributed by atoms with Crippen molar-refractivity contribution in [1.82, 2.24) is 0 Å². The molecule has 27 nitrogen and oxygen atoms in total. The summed E-state index contributed by atoms with van der Waals surface area (Å²) in [5, 5.41) is -1.72. The molecule has 5 aromatic rings. The van der Waals surface area contributed by atoms with Crippen molar-refractivity contribution in [2.24, 2.45) is 0 Å². The molecule has 0 radical (unpaired) electrons. The molecule has 0 atom stereocenters. The molecule has 9 N–H and O–H groups in total. The fraction of sp³-hybridized carbons (Fsp3) is 0. The molecule has 0 saturated carbocycles. The normalized spacial score (nSPS) is 13.6. The predicted octanol–water partition coefficient (Wildman–Crippen LogP) is 1.33. The van der Waals surface area contributed by atoms with Crippen LogP contribution in [-0.4, -0.2) is 103 Å². The molecule has 37 heteroatoms. The lowest BCUT2D eigenvalue weighted by molar-refractivity contribution is 0.476. The monoisotopic (exact) mass is 1200 g/mol. The summed E-state index contributed by atoms with van der Waals surface area (Å²) < 4.78 is 290. The van der Waals surface area contributed by atoms with E-state index >= 15 is 0 Å². The van der Waals surface area contributed by atoms with Crippen LogP contribution in [0, 0.1) is 3.57 Å². The number of fused-ring (bicyclic) bond motifs is 1. The molecular formula is C28H22IN3O24S9. The van der Waals surface area contributed by atoms with Gasteiger partial charge in [0.05, 0.1) is 61.1 Å². The Morgan fingerprint density at radius 3 is 0.892 bits per heavy atom. The molecule has 354 valence electrons. The molecule has 0 amide bonds. The SMILES string of the molecule is O=S(=O)(O)c1cc(NS(=O)(=O)c2cc(S(=O)(=O)Nc3cc(S(=O)(=O)O)cc(S(=O)(=O)O)c3)c3c(I)ccc(S(=O)(=O)Nc4cc(S(=O)(=O)O)cc(S(=O)(=O)O)c4)c3c2)cc(S(=O)(=O)O)c1. The van der Waals surface area contributed by atoms with Crippen molar-refractivity contribution in [3.05, 3.63) is 82.4 Å². The van der Waals surface area contributed by atoms with Crippen LogP contribution in [0.15, 0.2) is 123 Å². The van der Waals surface area contributed by atoms with Crippen molar-refractivity contribution in [2.75, 3.05) is 14.2 Å². The smallest absolute Gasteiger partial charge is 0.282 e. The number of rotatable bonds is 15. The third-order valence-corrected chi connectivity index (χ3v) is 18.1.